The second kappa shape index (κ2) is 7.35. The minimum atomic E-state index is -0.402. The van der Waals surface area contributed by atoms with Crippen LogP contribution in [0, 0.1) is 0 Å². The van der Waals surface area contributed by atoms with Crippen LogP contribution < -0.4 is 10.2 Å². The minimum absolute atomic E-state index is 0.402. The monoisotopic (exact) mass is 398 g/mol. The van der Waals surface area contributed by atoms with Crippen LogP contribution in [0.1, 0.15) is 23.0 Å². The Hall–Kier alpha value is -3.58. The molecule has 0 bridgehead atoms. The van der Waals surface area contributed by atoms with Crippen molar-refractivity contribution in [1.29, 1.82) is 0 Å². The number of carbonyl (C=O) groups is 1. The van der Waals surface area contributed by atoms with Crippen molar-refractivity contribution in [2.45, 2.75) is 12.5 Å². The maximum atomic E-state index is 11.1. The first-order valence-electron chi connectivity index (χ1n) is 9.98. The number of imidazole rings is 1. The highest BCUT2D eigenvalue weighted by atomic mass is 16.1. The number of rotatable bonds is 4. The van der Waals surface area contributed by atoms with Crippen molar-refractivity contribution < 1.29 is 4.79 Å². The van der Waals surface area contributed by atoms with Gasteiger partial charge in [-0.1, -0.05) is 24.3 Å². The Bertz CT molecular complexity index is 1190. The number of hydrogen-bond donors (Lipinski definition) is 1. The lowest BCUT2D eigenvalue weighted by Crippen LogP contribution is -2.58. The van der Waals surface area contributed by atoms with Gasteiger partial charge in [0.05, 0.1) is 11.2 Å². The molecule has 0 saturated carbocycles. The van der Waals surface area contributed by atoms with Crippen LogP contribution in [0.15, 0.2) is 67.3 Å². The zero-order chi connectivity index (χ0) is 20.6. The normalized spacial score (nSPS) is 19.2. The molecule has 0 radical (unpaired) electrons. The van der Waals surface area contributed by atoms with E-state index in [1.54, 1.807) is 12.5 Å². The number of benzene rings is 2. The van der Waals surface area contributed by atoms with Crippen molar-refractivity contribution in [2.24, 2.45) is 0 Å². The van der Waals surface area contributed by atoms with E-state index in [1.807, 2.05) is 47.2 Å². The third-order valence-corrected chi connectivity index (χ3v) is 5.84. The van der Waals surface area contributed by atoms with Crippen LogP contribution in [-0.4, -0.2) is 45.7 Å². The van der Waals surface area contributed by atoms with E-state index in [9.17, 15) is 4.79 Å². The second-order valence-corrected chi connectivity index (χ2v) is 7.70. The predicted octanol–water partition coefficient (Wildman–Crippen LogP) is 2.95. The highest BCUT2D eigenvalue weighted by Crippen LogP contribution is 2.37. The summed E-state index contributed by atoms with van der Waals surface area (Å²) >= 11 is 0. The standard InChI is InChI=1S/C23H22N6O/c1-23(15-24-11-13-29(23)18-8-6-17(14-30)7-9-18)21-19-4-2-3-5-20(19)22(27-26-21)28-12-10-25-16-28/h2-10,12,14,16,24H,11,13,15H2,1H3. The first kappa shape index (κ1) is 18.4. The number of fused-ring (bicyclic) bond motifs is 1. The number of nitrogens with zero attached hydrogens (tertiary/aromatic N) is 5. The summed E-state index contributed by atoms with van der Waals surface area (Å²) in [6.07, 6.45) is 6.22. The average molecular weight is 398 g/mol. The van der Waals surface area contributed by atoms with E-state index in [2.05, 4.69) is 39.4 Å². The molecule has 0 aliphatic carbocycles. The summed E-state index contributed by atoms with van der Waals surface area (Å²) in [5.41, 5.74) is 2.26. The summed E-state index contributed by atoms with van der Waals surface area (Å²) in [5, 5.41) is 14.9. The summed E-state index contributed by atoms with van der Waals surface area (Å²) < 4.78 is 1.89. The van der Waals surface area contributed by atoms with Crippen LogP contribution in [0.25, 0.3) is 16.6 Å². The van der Waals surface area contributed by atoms with E-state index in [0.29, 0.717) is 5.56 Å². The Kier molecular flexibility index (Phi) is 4.52. The third-order valence-electron chi connectivity index (χ3n) is 5.84. The van der Waals surface area contributed by atoms with Gasteiger partial charge in [-0.25, -0.2) is 4.98 Å². The molecular formula is C23H22N6O. The lowest BCUT2D eigenvalue weighted by molar-refractivity contribution is 0.112. The summed E-state index contributed by atoms with van der Waals surface area (Å²) in [4.78, 5) is 17.6. The Morgan fingerprint density at radius 1 is 1.07 bits per heavy atom. The van der Waals surface area contributed by atoms with Crippen LogP contribution in [0.4, 0.5) is 5.69 Å². The zero-order valence-corrected chi connectivity index (χ0v) is 16.7. The summed E-state index contributed by atoms with van der Waals surface area (Å²) in [6, 6.07) is 16.0. The molecule has 1 saturated heterocycles. The van der Waals surface area contributed by atoms with Gasteiger partial charge in [0.15, 0.2) is 5.82 Å². The van der Waals surface area contributed by atoms with Crippen LogP contribution in [-0.2, 0) is 5.54 Å². The lowest BCUT2D eigenvalue weighted by Gasteiger charge is -2.46. The van der Waals surface area contributed by atoms with Crippen molar-refractivity contribution in [2.75, 3.05) is 24.5 Å². The van der Waals surface area contributed by atoms with Crippen molar-refractivity contribution in [3.05, 3.63) is 78.5 Å². The van der Waals surface area contributed by atoms with E-state index in [1.165, 1.54) is 0 Å². The predicted molar refractivity (Wildman–Crippen MR) is 116 cm³/mol. The minimum Gasteiger partial charge on any atom is -0.358 e. The maximum Gasteiger partial charge on any atom is 0.168 e. The Morgan fingerprint density at radius 2 is 1.87 bits per heavy atom. The van der Waals surface area contributed by atoms with Crippen molar-refractivity contribution >= 4 is 22.7 Å². The molecule has 1 aliphatic rings. The summed E-state index contributed by atoms with van der Waals surface area (Å²) in [5.74, 6) is 0.765. The topological polar surface area (TPSA) is 75.9 Å². The molecule has 1 unspecified atom stereocenters. The number of carbonyl (C=O) groups excluding carboxylic acids is 1. The SMILES string of the molecule is CC1(c2nnc(-n3ccnc3)c3ccccc23)CNCCN1c1ccc(C=O)cc1. The molecule has 5 rings (SSSR count). The fourth-order valence-electron chi connectivity index (χ4n) is 4.29. The Morgan fingerprint density at radius 3 is 2.60 bits per heavy atom. The van der Waals surface area contributed by atoms with Gasteiger partial charge in [-0.2, -0.15) is 5.10 Å². The molecule has 1 atom stereocenters. The summed E-state index contributed by atoms with van der Waals surface area (Å²) in [6.45, 7) is 4.64. The molecule has 7 nitrogen and oxygen atoms in total. The molecule has 7 heteroatoms. The maximum absolute atomic E-state index is 11.1. The summed E-state index contributed by atoms with van der Waals surface area (Å²) in [7, 11) is 0. The zero-order valence-electron chi connectivity index (χ0n) is 16.7. The van der Waals surface area contributed by atoms with Crippen molar-refractivity contribution in [3.8, 4) is 5.82 Å². The molecule has 30 heavy (non-hydrogen) atoms. The fourth-order valence-corrected chi connectivity index (χ4v) is 4.29. The van der Waals surface area contributed by atoms with Crippen molar-refractivity contribution in [1.82, 2.24) is 25.1 Å². The number of aromatic nitrogens is 4. The van der Waals surface area contributed by atoms with Gasteiger partial charge in [0.1, 0.15) is 12.6 Å². The van der Waals surface area contributed by atoms with Gasteiger partial charge in [0.2, 0.25) is 0 Å². The molecule has 3 heterocycles. The molecule has 1 aliphatic heterocycles. The van der Waals surface area contributed by atoms with E-state index < -0.39 is 5.54 Å². The molecule has 0 amide bonds. The van der Waals surface area contributed by atoms with Gasteiger partial charge in [0, 0.05) is 54.1 Å². The number of aldehydes is 1. The Labute approximate surface area is 174 Å². The first-order valence-corrected chi connectivity index (χ1v) is 9.98. The number of hydrogen-bond acceptors (Lipinski definition) is 6. The number of anilines is 1. The van der Waals surface area contributed by atoms with Gasteiger partial charge in [0.25, 0.3) is 0 Å². The first-order chi connectivity index (χ1) is 14.7. The number of piperazine rings is 1. The average Bonchev–Trinajstić information content (AvgIpc) is 3.33. The van der Waals surface area contributed by atoms with Crippen LogP contribution in [0.5, 0.6) is 0 Å². The largest absolute Gasteiger partial charge is 0.358 e. The van der Waals surface area contributed by atoms with E-state index in [-0.39, 0.29) is 0 Å². The van der Waals surface area contributed by atoms with Crippen LogP contribution >= 0.6 is 0 Å². The van der Waals surface area contributed by atoms with Crippen LogP contribution in [0.2, 0.25) is 0 Å². The molecule has 4 aromatic rings. The lowest BCUT2D eigenvalue weighted by atomic mass is 9.88. The molecular weight excluding hydrogens is 376 g/mol. The third kappa shape index (κ3) is 2.95. The molecule has 1 N–H and O–H groups in total. The molecule has 150 valence electrons. The highest BCUT2D eigenvalue weighted by molar-refractivity contribution is 5.91. The molecule has 1 fully saturated rings. The quantitative estimate of drug-likeness (QED) is 0.533. The van der Waals surface area contributed by atoms with Gasteiger partial charge in [-0.3, -0.25) is 9.36 Å². The fraction of sp³-hybridized carbons (Fsp3) is 0.217. The van der Waals surface area contributed by atoms with Gasteiger partial charge in [-0.05, 0) is 31.2 Å². The molecule has 0 spiro atoms. The van der Waals surface area contributed by atoms with Crippen molar-refractivity contribution in [3.63, 3.8) is 0 Å². The molecule has 2 aromatic heterocycles. The number of nitrogens with one attached hydrogen (secondary N) is 1. The smallest absolute Gasteiger partial charge is 0.168 e. The Balaban J connectivity index is 1.67. The molecule has 2 aromatic carbocycles. The van der Waals surface area contributed by atoms with E-state index >= 15 is 0 Å². The van der Waals surface area contributed by atoms with Gasteiger partial charge < -0.3 is 10.2 Å². The second-order valence-electron chi connectivity index (χ2n) is 7.70. The van der Waals surface area contributed by atoms with Crippen LogP contribution in [0.3, 0.4) is 0 Å². The van der Waals surface area contributed by atoms with Gasteiger partial charge in [-0.15, -0.1) is 5.10 Å². The van der Waals surface area contributed by atoms with Gasteiger partial charge >= 0.3 is 0 Å². The van der Waals surface area contributed by atoms with E-state index in [0.717, 1.165) is 53.9 Å². The highest BCUT2D eigenvalue weighted by Gasteiger charge is 2.39. The van der Waals surface area contributed by atoms with E-state index in [4.69, 9.17) is 5.10 Å².